The Hall–Kier alpha value is -1.87. The zero-order chi connectivity index (χ0) is 20.0. The normalized spacial score (nSPS) is 18.1. The lowest BCUT2D eigenvalue weighted by Crippen LogP contribution is -2.34. The predicted octanol–water partition coefficient (Wildman–Crippen LogP) is 7.06. The molecule has 3 heteroatoms. The molecule has 0 aromatic heterocycles. The number of allylic oxidation sites excluding steroid dienone is 1. The van der Waals surface area contributed by atoms with E-state index < -0.39 is 5.97 Å². The summed E-state index contributed by atoms with van der Waals surface area (Å²) in [7, 11) is 0. The van der Waals surface area contributed by atoms with Crippen LogP contribution >= 0.6 is 15.9 Å². The minimum absolute atomic E-state index is 0.170. The Kier molecular flexibility index (Phi) is 5.11. The molecule has 0 unspecified atom stereocenters. The van der Waals surface area contributed by atoms with Gasteiger partial charge < -0.3 is 5.11 Å². The van der Waals surface area contributed by atoms with Crippen molar-refractivity contribution in [2.45, 2.75) is 58.3 Å². The average Bonchev–Trinajstić information content (AvgIpc) is 2.59. The number of benzene rings is 2. The van der Waals surface area contributed by atoms with E-state index in [-0.39, 0.29) is 10.8 Å². The maximum absolute atomic E-state index is 11.0. The maximum atomic E-state index is 11.0. The smallest absolute Gasteiger partial charge is 0.335 e. The summed E-state index contributed by atoms with van der Waals surface area (Å²) in [6, 6.07) is 11.6. The van der Waals surface area contributed by atoms with E-state index in [9.17, 15) is 4.79 Å². The lowest BCUT2D eigenvalue weighted by Gasteiger charge is -2.42. The van der Waals surface area contributed by atoms with E-state index >= 15 is 0 Å². The van der Waals surface area contributed by atoms with Crippen LogP contribution in [0.5, 0.6) is 0 Å². The molecule has 1 aliphatic carbocycles. The second-order valence-electron chi connectivity index (χ2n) is 8.90. The molecule has 0 amide bonds. The van der Waals surface area contributed by atoms with E-state index in [1.165, 1.54) is 29.5 Å². The van der Waals surface area contributed by atoms with Gasteiger partial charge in [-0.3, -0.25) is 0 Å². The summed E-state index contributed by atoms with van der Waals surface area (Å²) in [6.45, 7) is 11.4. The summed E-state index contributed by atoms with van der Waals surface area (Å²) in [6.07, 6.45) is 4.50. The summed E-state index contributed by atoms with van der Waals surface area (Å²) < 4.78 is 1.11. The fourth-order valence-corrected chi connectivity index (χ4v) is 4.60. The van der Waals surface area contributed by atoms with Gasteiger partial charge >= 0.3 is 5.97 Å². The van der Waals surface area contributed by atoms with Gasteiger partial charge in [-0.15, -0.1) is 0 Å². The molecule has 0 radical (unpaired) electrons. The minimum Gasteiger partial charge on any atom is -0.478 e. The molecule has 1 N–H and O–H groups in total. The Morgan fingerprint density at radius 3 is 2.04 bits per heavy atom. The van der Waals surface area contributed by atoms with Crippen LogP contribution in [0.1, 0.15) is 80.1 Å². The molecule has 0 aliphatic heterocycles. The van der Waals surface area contributed by atoms with Crippen LogP contribution in [0.4, 0.5) is 0 Å². The third-order valence-corrected chi connectivity index (χ3v) is 6.56. The molecule has 1 aliphatic rings. The first-order chi connectivity index (χ1) is 12.5. The number of carboxylic acids is 1. The monoisotopic (exact) mass is 426 g/mol. The molecule has 2 aromatic rings. The third-order valence-electron chi connectivity index (χ3n) is 5.91. The van der Waals surface area contributed by atoms with Gasteiger partial charge in [-0.1, -0.05) is 61.8 Å². The highest BCUT2D eigenvalue weighted by Gasteiger charge is 2.37. The van der Waals surface area contributed by atoms with Gasteiger partial charge in [-0.25, -0.2) is 4.79 Å². The SMILES string of the molecule is C/C(=C\c1ccc(C(=O)O)cc1)c1cc2c(cc1Br)C(C)(C)CCC2(C)C. The number of aromatic carboxylic acids is 1. The molecule has 27 heavy (non-hydrogen) atoms. The van der Waals surface area contributed by atoms with E-state index in [0.29, 0.717) is 5.56 Å². The van der Waals surface area contributed by atoms with Crippen molar-refractivity contribution in [3.8, 4) is 0 Å². The van der Waals surface area contributed by atoms with Crippen LogP contribution in [0.2, 0.25) is 0 Å². The number of hydrogen-bond donors (Lipinski definition) is 1. The van der Waals surface area contributed by atoms with Crippen molar-refractivity contribution < 1.29 is 9.90 Å². The highest BCUT2D eigenvalue weighted by atomic mass is 79.9. The van der Waals surface area contributed by atoms with Crippen LogP contribution in [0, 0.1) is 0 Å². The van der Waals surface area contributed by atoms with Gasteiger partial charge in [-0.05, 0) is 82.7 Å². The number of rotatable bonds is 3. The van der Waals surface area contributed by atoms with Crippen molar-refractivity contribution in [2.75, 3.05) is 0 Å². The van der Waals surface area contributed by atoms with Gasteiger partial charge in [-0.2, -0.15) is 0 Å². The lowest BCUT2D eigenvalue weighted by molar-refractivity contribution is 0.0697. The highest BCUT2D eigenvalue weighted by Crippen LogP contribution is 2.48. The molecule has 2 nitrogen and oxygen atoms in total. The summed E-state index contributed by atoms with van der Waals surface area (Å²) in [5.74, 6) is -0.899. The molecule has 0 saturated carbocycles. The molecular formula is C24H27BrO2. The molecule has 0 spiro atoms. The fraction of sp³-hybridized carbons (Fsp3) is 0.375. The number of hydrogen-bond acceptors (Lipinski definition) is 1. The third kappa shape index (κ3) is 3.89. The standard InChI is InChI=1S/C24H27BrO2/c1-15(12-16-6-8-17(9-7-16)22(26)27)18-13-19-20(14-21(18)25)24(4,5)11-10-23(19,2)3/h6-9,12-14H,10-11H2,1-5H3,(H,26,27)/b15-12+. The molecule has 2 aromatic carbocycles. The van der Waals surface area contributed by atoms with E-state index in [0.717, 1.165) is 15.6 Å². The van der Waals surface area contributed by atoms with Gasteiger partial charge in [0.05, 0.1) is 5.56 Å². The van der Waals surface area contributed by atoms with Crippen LogP contribution in [-0.4, -0.2) is 11.1 Å². The second-order valence-corrected chi connectivity index (χ2v) is 9.75. The Bertz CT molecular complexity index is 918. The molecule has 0 heterocycles. The lowest BCUT2D eigenvalue weighted by atomic mass is 9.63. The van der Waals surface area contributed by atoms with E-state index in [1.54, 1.807) is 12.1 Å². The Balaban J connectivity index is 2.05. The van der Waals surface area contributed by atoms with Crippen LogP contribution in [0.15, 0.2) is 40.9 Å². The average molecular weight is 427 g/mol. The van der Waals surface area contributed by atoms with Gasteiger partial charge in [0.15, 0.2) is 0 Å². The zero-order valence-corrected chi connectivity index (χ0v) is 18.3. The molecule has 0 fully saturated rings. The molecule has 142 valence electrons. The first kappa shape index (κ1) is 19.9. The van der Waals surface area contributed by atoms with Crippen molar-refractivity contribution in [3.63, 3.8) is 0 Å². The van der Waals surface area contributed by atoms with E-state index in [2.05, 4.69) is 68.8 Å². The van der Waals surface area contributed by atoms with Crippen molar-refractivity contribution in [3.05, 3.63) is 68.7 Å². The van der Waals surface area contributed by atoms with Gasteiger partial charge in [0, 0.05) is 4.47 Å². The minimum atomic E-state index is -0.899. The largest absolute Gasteiger partial charge is 0.478 e. The number of fused-ring (bicyclic) bond motifs is 1. The molecule has 0 saturated heterocycles. The fourth-order valence-electron chi connectivity index (χ4n) is 3.94. The predicted molar refractivity (Wildman–Crippen MR) is 116 cm³/mol. The molecular weight excluding hydrogens is 400 g/mol. The van der Waals surface area contributed by atoms with Crippen LogP contribution in [0.3, 0.4) is 0 Å². The summed E-state index contributed by atoms with van der Waals surface area (Å²) >= 11 is 3.79. The summed E-state index contributed by atoms with van der Waals surface area (Å²) in [5.41, 5.74) is 6.90. The summed E-state index contributed by atoms with van der Waals surface area (Å²) in [4.78, 5) is 11.0. The van der Waals surface area contributed by atoms with Gasteiger partial charge in [0.25, 0.3) is 0 Å². The number of carboxylic acid groups (broad SMARTS) is 1. The van der Waals surface area contributed by atoms with Crippen LogP contribution < -0.4 is 0 Å². The highest BCUT2D eigenvalue weighted by molar-refractivity contribution is 9.10. The molecule has 3 rings (SSSR count). The summed E-state index contributed by atoms with van der Waals surface area (Å²) in [5, 5.41) is 9.05. The van der Waals surface area contributed by atoms with Crippen molar-refractivity contribution >= 4 is 33.5 Å². The quantitative estimate of drug-likeness (QED) is 0.533. The van der Waals surface area contributed by atoms with E-state index in [1.807, 2.05) is 12.1 Å². The zero-order valence-electron chi connectivity index (χ0n) is 16.7. The molecule has 0 bridgehead atoms. The topological polar surface area (TPSA) is 37.3 Å². The van der Waals surface area contributed by atoms with Crippen molar-refractivity contribution in [2.24, 2.45) is 0 Å². The van der Waals surface area contributed by atoms with Crippen LogP contribution in [0.25, 0.3) is 11.6 Å². The second kappa shape index (κ2) is 6.94. The van der Waals surface area contributed by atoms with Gasteiger partial charge in [0.1, 0.15) is 0 Å². The van der Waals surface area contributed by atoms with E-state index in [4.69, 9.17) is 5.11 Å². The van der Waals surface area contributed by atoms with Crippen LogP contribution in [-0.2, 0) is 10.8 Å². The van der Waals surface area contributed by atoms with Crippen molar-refractivity contribution in [1.29, 1.82) is 0 Å². The van der Waals surface area contributed by atoms with Crippen molar-refractivity contribution in [1.82, 2.24) is 0 Å². The first-order valence-electron chi connectivity index (χ1n) is 9.38. The first-order valence-corrected chi connectivity index (χ1v) is 10.2. The Labute approximate surface area is 170 Å². The number of carbonyl (C=O) groups is 1. The Morgan fingerprint density at radius 1 is 1.00 bits per heavy atom. The Morgan fingerprint density at radius 2 is 1.52 bits per heavy atom. The maximum Gasteiger partial charge on any atom is 0.335 e. The number of halogens is 1. The van der Waals surface area contributed by atoms with Gasteiger partial charge in [0.2, 0.25) is 0 Å². The molecule has 0 atom stereocenters.